The van der Waals surface area contributed by atoms with Gasteiger partial charge < -0.3 is 23.5 Å². The van der Waals surface area contributed by atoms with Crippen molar-refractivity contribution in [3.63, 3.8) is 0 Å². The minimum absolute atomic E-state index is 0.0557. The van der Waals surface area contributed by atoms with Crippen molar-refractivity contribution in [2.75, 3.05) is 13.2 Å². The molecule has 0 N–H and O–H groups in total. The van der Waals surface area contributed by atoms with Crippen LogP contribution >= 0.6 is 0 Å². The standard InChI is InChI=1S/C35H46N4O4/c1-7-28(30-23-41-35(5,6)42-30)19-38(18-26-14-10-8-11-15-26)20-29-21-39(25-40-22-27-16-12-9-13-17-27)32-31(29)36-24-37-33(32)43-34(2,3)4/h8-17,21,24,28,30H,7,18-20,22-23,25H2,1-6H3/t28-,30-/m0/s1. The molecule has 5 rings (SSSR count). The van der Waals surface area contributed by atoms with Crippen LogP contribution in [-0.4, -0.2) is 50.1 Å². The van der Waals surface area contributed by atoms with E-state index in [0.717, 1.165) is 41.7 Å². The van der Waals surface area contributed by atoms with E-state index < -0.39 is 11.4 Å². The second-order valence-corrected chi connectivity index (χ2v) is 12.9. The molecule has 230 valence electrons. The highest BCUT2D eigenvalue weighted by Gasteiger charge is 2.37. The lowest BCUT2D eigenvalue weighted by Crippen LogP contribution is -2.36. The van der Waals surface area contributed by atoms with Crippen LogP contribution in [0.5, 0.6) is 5.88 Å². The Morgan fingerprint density at radius 1 is 1.00 bits per heavy atom. The minimum Gasteiger partial charge on any atom is -0.470 e. The molecule has 4 aromatic rings. The molecular formula is C35H46N4O4. The summed E-state index contributed by atoms with van der Waals surface area (Å²) in [5.74, 6) is 0.338. The van der Waals surface area contributed by atoms with E-state index in [1.807, 2.05) is 52.8 Å². The molecule has 0 radical (unpaired) electrons. The fourth-order valence-electron chi connectivity index (χ4n) is 5.65. The number of hydrogen-bond donors (Lipinski definition) is 0. The zero-order chi connectivity index (χ0) is 30.5. The molecule has 0 bridgehead atoms. The molecule has 43 heavy (non-hydrogen) atoms. The van der Waals surface area contributed by atoms with E-state index >= 15 is 0 Å². The number of rotatable bonds is 13. The van der Waals surface area contributed by atoms with Gasteiger partial charge in [-0.1, -0.05) is 67.6 Å². The van der Waals surface area contributed by atoms with Gasteiger partial charge in [-0.25, -0.2) is 4.98 Å². The highest BCUT2D eigenvalue weighted by molar-refractivity contribution is 5.84. The normalized spacial score (nSPS) is 17.5. The third-order valence-electron chi connectivity index (χ3n) is 7.65. The predicted molar refractivity (Wildman–Crippen MR) is 168 cm³/mol. The Hall–Kier alpha value is -3.30. The first-order valence-corrected chi connectivity index (χ1v) is 15.3. The van der Waals surface area contributed by atoms with E-state index in [2.05, 4.69) is 70.0 Å². The van der Waals surface area contributed by atoms with Crippen LogP contribution in [0.2, 0.25) is 0 Å². The van der Waals surface area contributed by atoms with Crippen LogP contribution in [-0.2, 0) is 40.6 Å². The van der Waals surface area contributed by atoms with E-state index in [9.17, 15) is 0 Å². The zero-order valence-electron chi connectivity index (χ0n) is 26.5. The smallest absolute Gasteiger partial charge is 0.242 e. The summed E-state index contributed by atoms with van der Waals surface area (Å²) in [6.07, 6.45) is 4.80. The maximum atomic E-state index is 6.33. The summed E-state index contributed by atoms with van der Waals surface area (Å²) >= 11 is 0. The Balaban J connectivity index is 1.45. The summed E-state index contributed by atoms with van der Waals surface area (Å²) < 4.78 is 26.9. The highest BCUT2D eigenvalue weighted by atomic mass is 16.7. The molecule has 1 aliphatic heterocycles. The van der Waals surface area contributed by atoms with Crippen LogP contribution in [0.15, 0.2) is 73.2 Å². The summed E-state index contributed by atoms with van der Waals surface area (Å²) in [6, 6.07) is 20.8. The summed E-state index contributed by atoms with van der Waals surface area (Å²) in [6.45, 7) is 16.2. The third kappa shape index (κ3) is 8.42. The van der Waals surface area contributed by atoms with Gasteiger partial charge in [0.25, 0.3) is 0 Å². The van der Waals surface area contributed by atoms with Gasteiger partial charge in [0.1, 0.15) is 29.7 Å². The lowest BCUT2D eigenvalue weighted by Gasteiger charge is -2.30. The molecule has 0 amide bonds. The van der Waals surface area contributed by atoms with Gasteiger partial charge in [-0.05, 0) is 58.1 Å². The van der Waals surface area contributed by atoms with E-state index in [1.165, 1.54) is 5.56 Å². The van der Waals surface area contributed by atoms with Crippen LogP contribution in [0.25, 0.3) is 11.0 Å². The van der Waals surface area contributed by atoms with Crippen molar-refractivity contribution >= 4 is 11.0 Å². The first-order chi connectivity index (χ1) is 20.6. The molecule has 8 heteroatoms. The molecule has 0 saturated carbocycles. The number of benzene rings is 2. The number of ether oxygens (including phenoxy) is 4. The molecular weight excluding hydrogens is 540 g/mol. The van der Waals surface area contributed by atoms with Gasteiger partial charge in [0, 0.05) is 31.4 Å². The molecule has 0 spiro atoms. The third-order valence-corrected chi connectivity index (χ3v) is 7.65. The number of hydrogen-bond acceptors (Lipinski definition) is 7. The SMILES string of the molecule is CC[C@@H](CN(Cc1ccccc1)Cc1cn(COCc2ccccc2)c2c(OC(C)(C)C)ncnc12)[C@@H]1COC(C)(C)O1. The zero-order valence-corrected chi connectivity index (χ0v) is 26.5. The van der Waals surface area contributed by atoms with Crippen LogP contribution in [0.1, 0.15) is 64.7 Å². The fraction of sp³-hybridized carbons (Fsp3) is 0.486. The minimum atomic E-state index is -0.546. The molecule has 8 nitrogen and oxygen atoms in total. The lowest BCUT2D eigenvalue weighted by molar-refractivity contribution is -0.145. The van der Waals surface area contributed by atoms with Crippen LogP contribution in [0.3, 0.4) is 0 Å². The van der Waals surface area contributed by atoms with Crippen molar-refractivity contribution in [3.8, 4) is 5.88 Å². The van der Waals surface area contributed by atoms with E-state index in [1.54, 1.807) is 6.33 Å². The second-order valence-electron chi connectivity index (χ2n) is 12.9. The van der Waals surface area contributed by atoms with Gasteiger partial charge in [0.15, 0.2) is 5.79 Å². The molecule has 1 aliphatic rings. The lowest BCUT2D eigenvalue weighted by atomic mass is 9.98. The largest absolute Gasteiger partial charge is 0.470 e. The van der Waals surface area contributed by atoms with Gasteiger partial charge in [-0.15, -0.1) is 0 Å². The van der Waals surface area contributed by atoms with E-state index in [4.69, 9.17) is 23.9 Å². The van der Waals surface area contributed by atoms with E-state index in [0.29, 0.717) is 38.3 Å². The average Bonchev–Trinajstić information content (AvgIpc) is 3.51. The van der Waals surface area contributed by atoms with Crippen LogP contribution < -0.4 is 4.74 Å². The number of aromatic nitrogens is 3. The number of nitrogens with zero attached hydrogens (tertiary/aromatic N) is 4. The Kier molecular flexibility index (Phi) is 9.82. The summed E-state index contributed by atoms with van der Waals surface area (Å²) in [4.78, 5) is 11.8. The van der Waals surface area contributed by atoms with Crippen LogP contribution in [0.4, 0.5) is 0 Å². The second kappa shape index (κ2) is 13.6. The molecule has 1 fully saturated rings. The Labute approximate surface area is 255 Å². The van der Waals surface area contributed by atoms with Gasteiger partial charge >= 0.3 is 0 Å². The van der Waals surface area contributed by atoms with Crippen molar-refractivity contribution in [1.29, 1.82) is 0 Å². The Morgan fingerprint density at radius 2 is 1.70 bits per heavy atom. The van der Waals surface area contributed by atoms with Crippen molar-refractivity contribution in [1.82, 2.24) is 19.4 Å². The summed E-state index contributed by atoms with van der Waals surface area (Å²) in [5.41, 5.74) is 4.82. The topological polar surface area (TPSA) is 70.9 Å². The number of fused-ring (bicyclic) bond motifs is 1. The summed E-state index contributed by atoms with van der Waals surface area (Å²) in [5, 5.41) is 0. The first-order valence-electron chi connectivity index (χ1n) is 15.3. The maximum Gasteiger partial charge on any atom is 0.242 e. The Morgan fingerprint density at radius 3 is 2.33 bits per heavy atom. The molecule has 2 aromatic carbocycles. The molecule has 3 heterocycles. The quantitative estimate of drug-likeness (QED) is 0.168. The van der Waals surface area contributed by atoms with Crippen molar-refractivity contribution in [2.24, 2.45) is 5.92 Å². The average molecular weight is 587 g/mol. The molecule has 0 unspecified atom stereocenters. The van der Waals surface area contributed by atoms with Crippen molar-refractivity contribution in [2.45, 2.75) is 91.9 Å². The molecule has 1 saturated heterocycles. The Bertz CT molecular complexity index is 1450. The molecule has 2 aromatic heterocycles. The maximum absolute atomic E-state index is 6.33. The van der Waals surface area contributed by atoms with Gasteiger partial charge in [0.05, 0.1) is 19.3 Å². The van der Waals surface area contributed by atoms with E-state index in [-0.39, 0.29) is 6.10 Å². The monoisotopic (exact) mass is 586 g/mol. The van der Waals surface area contributed by atoms with Crippen molar-refractivity contribution in [3.05, 3.63) is 89.9 Å². The van der Waals surface area contributed by atoms with Gasteiger partial charge in [0.2, 0.25) is 5.88 Å². The van der Waals surface area contributed by atoms with Gasteiger partial charge in [-0.2, -0.15) is 4.98 Å². The molecule has 2 atom stereocenters. The molecule has 0 aliphatic carbocycles. The van der Waals surface area contributed by atoms with Gasteiger partial charge in [-0.3, -0.25) is 4.90 Å². The summed E-state index contributed by atoms with van der Waals surface area (Å²) in [7, 11) is 0. The van der Waals surface area contributed by atoms with Crippen LogP contribution in [0, 0.1) is 5.92 Å². The first kappa shape index (κ1) is 31.1. The fourth-order valence-corrected chi connectivity index (χ4v) is 5.65. The highest BCUT2D eigenvalue weighted by Crippen LogP contribution is 2.32. The van der Waals surface area contributed by atoms with Crippen molar-refractivity contribution < 1.29 is 18.9 Å². The predicted octanol–water partition coefficient (Wildman–Crippen LogP) is 6.96.